The number of aliphatic hydroxyl groups is 1. The van der Waals surface area contributed by atoms with E-state index in [4.69, 9.17) is 4.74 Å². The average molecular weight is 511 g/mol. The van der Waals surface area contributed by atoms with Gasteiger partial charge in [0.1, 0.15) is 6.10 Å². The third-order valence-electron chi connectivity index (χ3n) is 6.01. The highest BCUT2D eigenvalue weighted by Crippen LogP contribution is 2.38. The van der Waals surface area contributed by atoms with Crippen LogP contribution in [0.2, 0.25) is 0 Å². The molecule has 0 radical (unpaired) electrons. The molecule has 6 nitrogen and oxygen atoms in total. The first kappa shape index (κ1) is 25.2. The number of esters is 1. The lowest BCUT2D eigenvalue weighted by Crippen LogP contribution is -2.40. The van der Waals surface area contributed by atoms with Gasteiger partial charge >= 0.3 is 5.97 Å². The van der Waals surface area contributed by atoms with E-state index in [0.717, 1.165) is 30.4 Å². The van der Waals surface area contributed by atoms with Crippen LogP contribution in [-0.2, 0) is 26.5 Å². The summed E-state index contributed by atoms with van der Waals surface area (Å²) in [5.74, 6) is -0.745. The topological polar surface area (TPSA) is 78.9 Å². The van der Waals surface area contributed by atoms with Gasteiger partial charge in [-0.05, 0) is 59.7 Å². The summed E-state index contributed by atoms with van der Waals surface area (Å²) in [6.45, 7) is 0.680. The van der Waals surface area contributed by atoms with Crippen molar-refractivity contribution >= 4 is 34.6 Å². The molecule has 1 aromatic carbocycles. The summed E-state index contributed by atoms with van der Waals surface area (Å²) in [6, 6.07) is 16.9. The molecule has 4 rings (SSSR count). The lowest BCUT2D eigenvalue weighted by atomic mass is 9.92. The van der Waals surface area contributed by atoms with E-state index in [1.807, 2.05) is 71.4 Å². The zero-order valence-electron chi connectivity index (χ0n) is 19.7. The molecule has 0 saturated heterocycles. The number of benzene rings is 1. The molecule has 1 amide bonds. The summed E-state index contributed by atoms with van der Waals surface area (Å²) in [7, 11) is 1.84. The maximum absolute atomic E-state index is 13.4. The fourth-order valence-corrected chi connectivity index (χ4v) is 5.92. The molecule has 1 atom stereocenters. The molecule has 1 aliphatic rings. The number of carbonyl (C=O) groups is 2. The lowest BCUT2D eigenvalue weighted by Gasteiger charge is -2.31. The van der Waals surface area contributed by atoms with Crippen molar-refractivity contribution in [3.63, 3.8) is 0 Å². The van der Waals surface area contributed by atoms with Crippen LogP contribution < -0.4 is 5.32 Å². The molecule has 8 heteroatoms. The number of ether oxygens (including phenoxy) is 1. The average Bonchev–Trinajstić information content (AvgIpc) is 3.59. The minimum atomic E-state index is -1.83. The fraction of sp³-hybridized carbons (Fsp3) is 0.333. The largest absolute Gasteiger partial charge is 0.455 e. The number of hydrogen-bond donors (Lipinski definition) is 2. The molecule has 0 bridgehead atoms. The predicted molar refractivity (Wildman–Crippen MR) is 139 cm³/mol. The second-order valence-electron chi connectivity index (χ2n) is 8.69. The highest BCUT2D eigenvalue weighted by molar-refractivity contribution is 7.12. The molecule has 1 saturated carbocycles. The number of likely N-dealkylation sites (N-methyl/N-ethyl adjacent to an activating group) is 1. The first-order valence-electron chi connectivity index (χ1n) is 11.7. The molecule has 1 aliphatic carbocycles. The van der Waals surface area contributed by atoms with E-state index >= 15 is 0 Å². The second kappa shape index (κ2) is 11.7. The van der Waals surface area contributed by atoms with Crippen LogP contribution in [0.4, 0.5) is 0 Å². The third kappa shape index (κ3) is 6.20. The Balaban J connectivity index is 1.42. The highest BCUT2D eigenvalue weighted by Gasteiger charge is 2.45. The van der Waals surface area contributed by atoms with Gasteiger partial charge in [-0.1, -0.05) is 42.5 Å². The zero-order valence-corrected chi connectivity index (χ0v) is 21.3. The second-order valence-corrected chi connectivity index (χ2v) is 10.6. The third-order valence-corrected chi connectivity index (χ3v) is 7.96. The van der Waals surface area contributed by atoms with Crippen molar-refractivity contribution in [1.82, 2.24) is 10.2 Å². The number of thiophene rings is 2. The Hall–Kier alpha value is -2.94. The minimum Gasteiger partial charge on any atom is -0.455 e. The smallest absolute Gasteiger partial charge is 0.350 e. The monoisotopic (exact) mass is 510 g/mol. The molecule has 2 aromatic heterocycles. The van der Waals surface area contributed by atoms with Crippen molar-refractivity contribution in [1.29, 1.82) is 0 Å². The maximum atomic E-state index is 13.4. The van der Waals surface area contributed by atoms with Gasteiger partial charge in [-0.3, -0.25) is 4.79 Å². The number of hydrogen-bond acceptors (Lipinski definition) is 7. The summed E-state index contributed by atoms with van der Waals surface area (Å²) in [5, 5.41) is 18.1. The Morgan fingerprint density at radius 1 is 1.09 bits per heavy atom. The molecular weight excluding hydrogens is 480 g/mol. The summed E-state index contributed by atoms with van der Waals surface area (Å²) in [4.78, 5) is 28.7. The Bertz CT molecular complexity index is 1090. The molecule has 2 N–H and O–H groups in total. The number of nitrogens with zero attached hydrogens (tertiary/aromatic N) is 1. The van der Waals surface area contributed by atoms with E-state index in [-0.39, 0.29) is 12.5 Å². The number of carbonyl (C=O) groups excluding carboxylic acids is 2. The van der Waals surface area contributed by atoms with Crippen LogP contribution in [-0.4, -0.2) is 41.6 Å². The van der Waals surface area contributed by atoms with Crippen LogP contribution in [0, 0.1) is 0 Å². The van der Waals surface area contributed by atoms with E-state index in [0.29, 0.717) is 22.7 Å². The van der Waals surface area contributed by atoms with Gasteiger partial charge in [0, 0.05) is 19.8 Å². The van der Waals surface area contributed by atoms with Gasteiger partial charge in [-0.15, -0.1) is 22.7 Å². The van der Waals surface area contributed by atoms with E-state index < -0.39 is 17.7 Å². The quantitative estimate of drug-likeness (QED) is 0.409. The SMILES string of the molecule is CN(/C=C1\CCCCC1OC(=O)C(O)(c1cccs1)c1cccs1)CC(=O)NCc1ccccc1. The summed E-state index contributed by atoms with van der Waals surface area (Å²) in [6.07, 6.45) is 4.88. The van der Waals surface area contributed by atoms with Crippen LogP contribution >= 0.6 is 22.7 Å². The van der Waals surface area contributed by atoms with Crippen LogP contribution in [0.5, 0.6) is 0 Å². The summed E-state index contributed by atoms with van der Waals surface area (Å²) in [5.41, 5.74) is 0.182. The van der Waals surface area contributed by atoms with Crippen LogP contribution in [0.1, 0.15) is 41.0 Å². The molecule has 1 fully saturated rings. The van der Waals surface area contributed by atoms with E-state index in [1.165, 1.54) is 22.7 Å². The van der Waals surface area contributed by atoms with Crippen molar-refractivity contribution in [2.75, 3.05) is 13.6 Å². The summed E-state index contributed by atoms with van der Waals surface area (Å²) < 4.78 is 5.96. The standard InChI is InChI=1S/C27H30N2O4S2/c1-29(19-25(30)28-17-20-9-3-2-4-10-20)18-21-11-5-6-12-22(21)33-26(31)27(32,23-13-7-15-34-23)24-14-8-16-35-24/h2-4,7-10,13-16,18,22,32H,5-6,11-12,17,19H2,1H3,(H,28,30)/b21-18+. The van der Waals surface area contributed by atoms with Gasteiger partial charge in [0.05, 0.1) is 16.3 Å². The number of rotatable bonds is 9. The van der Waals surface area contributed by atoms with Gasteiger partial charge in [-0.25, -0.2) is 4.79 Å². The molecule has 35 heavy (non-hydrogen) atoms. The van der Waals surface area contributed by atoms with E-state index in [1.54, 1.807) is 12.1 Å². The van der Waals surface area contributed by atoms with Crippen molar-refractivity contribution < 1.29 is 19.4 Å². The van der Waals surface area contributed by atoms with Crippen LogP contribution in [0.15, 0.2) is 77.1 Å². The van der Waals surface area contributed by atoms with Gasteiger partial charge in [0.2, 0.25) is 11.5 Å². The Labute approximate surface area is 213 Å². The summed E-state index contributed by atoms with van der Waals surface area (Å²) >= 11 is 2.66. The molecule has 0 spiro atoms. The van der Waals surface area contributed by atoms with Gasteiger partial charge < -0.3 is 20.1 Å². The predicted octanol–water partition coefficient (Wildman–Crippen LogP) is 4.66. The van der Waals surface area contributed by atoms with Gasteiger partial charge in [0.15, 0.2) is 0 Å². The lowest BCUT2D eigenvalue weighted by molar-refractivity contribution is -0.166. The van der Waals surface area contributed by atoms with Crippen LogP contribution in [0.3, 0.4) is 0 Å². The molecule has 184 valence electrons. The Kier molecular flexibility index (Phi) is 8.38. The van der Waals surface area contributed by atoms with Crippen molar-refractivity contribution in [3.8, 4) is 0 Å². The van der Waals surface area contributed by atoms with E-state index in [9.17, 15) is 14.7 Å². The van der Waals surface area contributed by atoms with Crippen LogP contribution in [0.25, 0.3) is 0 Å². The molecule has 3 aromatic rings. The first-order chi connectivity index (χ1) is 17.0. The fourth-order valence-electron chi connectivity index (χ4n) is 4.20. The van der Waals surface area contributed by atoms with Crippen molar-refractivity contribution in [2.45, 2.75) is 43.9 Å². The molecule has 0 aliphatic heterocycles. The Morgan fingerprint density at radius 2 is 1.77 bits per heavy atom. The normalized spacial score (nSPS) is 17.2. The first-order valence-corrected chi connectivity index (χ1v) is 13.5. The number of amides is 1. The van der Waals surface area contributed by atoms with E-state index in [2.05, 4.69) is 5.32 Å². The van der Waals surface area contributed by atoms with Gasteiger partial charge in [0.25, 0.3) is 0 Å². The molecule has 2 heterocycles. The zero-order chi connectivity index (χ0) is 24.7. The maximum Gasteiger partial charge on any atom is 0.350 e. The molecule has 1 unspecified atom stereocenters. The minimum absolute atomic E-state index is 0.0812. The Morgan fingerprint density at radius 3 is 2.40 bits per heavy atom. The number of nitrogens with one attached hydrogen (secondary N) is 1. The molecular formula is C27H30N2O4S2. The van der Waals surface area contributed by atoms with Crippen molar-refractivity contribution in [2.24, 2.45) is 0 Å². The van der Waals surface area contributed by atoms with Gasteiger partial charge in [-0.2, -0.15) is 0 Å². The van der Waals surface area contributed by atoms with Crippen molar-refractivity contribution in [3.05, 3.63) is 92.4 Å². The highest BCUT2D eigenvalue weighted by atomic mass is 32.1.